The smallest absolute Gasteiger partial charge is 0.251 e. The first-order valence-electron chi connectivity index (χ1n) is 8.70. The fraction of sp³-hybridized carbons (Fsp3) is 0.350. The lowest BCUT2D eigenvalue weighted by atomic mass is 9.99. The van der Waals surface area contributed by atoms with Gasteiger partial charge in [0.15, 0.2) is 0 Å². The van der Waals surface area contributed by atoms with Crippen LogP contribution in [0.5, 0.6) is 5.75 Å². The molecule has 0 heterocycles. The summed E-state index contributed by atoms with van der Waals surface area (Å²) >= 11 is 6.18. The zero-order valence-electron chi connectivity index (χ0n) is 16.4. The van der Waals surface area contributed by atoms with E-state index in [1.807, 2.05) is 0 Å². The molecule has 0 saturated carbocycles. The van der Waals surface area contributed by atoms with E-state index in [1.165, 1.54) is 6.07 Å². The Morgan fingerprint density at radius 2 is 1.75 bits per heavy atom. The van der Waals surface area contributed by atoms with Gasteiger partial charge in [-0.3, -0.25) is 9.52 Å². The van der Waals surface area contributed by atoms with Crippen LogP contribution >= 0.6 is 11.6 Å². The van der Waals surface area contributed by atoms with E-state index >= 15 is 0 Å². The van der Waals surface area contributed by atoms with Crippen molar-refractivity contribution in [1.82, 2.24) is 5.32 Å². The number of nitrogens with one attached hydrogen (secondary N) is 2. The Morgan fingerprint density at radius 3 is 2.29 bits per heavy atom. The minimum atomic E-state index is -3.37. The van der Waals surface area contributed by atoms with E-state index in [0.29, 0.717) is 34.2 Å². The highest BCUT2D eigenvalue weighted by atomic mass is 35.5. The number of halogens is 1. The molecule has 8 heteroatoms. The van der Waals surface area contributed by atoms with E-state index < -0.39 is 10.0 Å². The minimum Gasteiger partial charge on any atom is -0.493 e. The molecule has 28 heavy (non-hydrogen) atoms. The van der Waals surface area contributed by atoms with E-state index in [4.69, 9.17) is 16.3 Å². The number of benzene rings is 2. The number of anilines is 1. The van der Waals surface area contributed by atoms with Crippen LogP contribution in [0.25, 0.3) is 0 Å². The van der Waals surface area contributed by atoms with Crippen LogP contribution < -0.4 is 14.8 Å². The predicted octanol–water partition coefficient (Wildman–Crippen LogP) is 4.07. The van der Waals surface area contributed by atoms with Crippen LogP contribution in [0.1, 0.15) is 36.7 Å². The van der Waals surface area contributed by atoms with E-state index in [1.54, 1.807) is 36.4 Å². The first-order valence-corrected chi connectivity index (χ1v) is 11.0. The molecule has 1 amide bonds. The summed E-state index contributed by atoms with van der Waals surface area (Å²) in [6.45, 7) is 7.07. The van der Waals surface area contributed by atoms with Crippen molar-refractivity contribution >= 4 is 33.2 Å². The van der Waals surface area contributed by atoms with E-state index in [9.17, 15) is 13.2 Å². The van der Waals surface area contributed by atoms with Gasteiger partial charge in [-0.2, -0.15) is 0 Å². The molecule has 0 aromatic heterocycles. The van der Waals surface area contributed by atoms with Crippen LogP contribution in [0.4, 0.5) is 5.69 Å². The quantitative estimate of drug-likeness (QED) is 0.701. The second-order valence-electron chi connectivity index (χ2n) is 7.74. The fourth-order valence-electron chi connectivity index (χ4n) is 2.25. The van der Waals surface area contributed by atoms with Crippen molar-refractivity contribution in [2.75, 3.05) is 17.6 Å². The average molecular weight is 425 g/mol. The van der Waals surface area contributed by atoms with Crippen molar-refractivity contribution in [3.05, 3.63) is 58.6 Å². The summed E-state index contributed by atoms with van der Waals surface area (Å²) < 4.78 is 30.6. The molecule has 0 aliphatic carbocycles. The Bertz CT molecular complexity index is 936. The Balaban J connectivity index is 1.94. The molecular weight excluding hydrogens is 400 g/mol. The van der Waals surface area contributed by atoms with Gasteiger partial charge in [0.25, 0.3) is 5.91 Å². The van der Waals surface area contributed by atoms with Gasteiger partial charge in [0.2, 0.25) is 10.0 Å². The van der Waals surface area contributed by atoms with Crippen molar-refractivity contribution in [1.29, 1.82) is 0 Å². The summed E-state index contributed by atoms with van der Waals surface area (Å²) in [4.78, 5) is 12.3. The molecule has 2 N–H and O–H groups in total. The van der Waals surface area contributed by atoms with Crippen LogP contribution in [0.3, 0.4) is 0 Å². The first-order chi connectivity index (χ1) is 12.9. The minimum absolute atomic E-state index is 0.0572. The molecule has 0 unspecified atom stereocenters. The third kappa shape index (κ3) is 7.40. The van der Waals surface area contributed by atoms with Crippen LogP contribution in [0, 0.1) is 5.41 Å². The molecule has 152 valence electrons. The van der Waals surface area contributed by atoms with Gasteiger partial charge in [-0.25, -0.2) is 8.42 Å². The molecule has 0 bridgehead atoms. The summed E-state index contributed by atoms with van der Waals surface area (Å²) in [5, 5.41) is 3.16. The van der Waals surface area contributed by atoms with Crippen molar-refractivity contribution in [3.8, 4) is 5.75 Å². The standard InChI is InChI=1S/C20H25ClN2O4S/c1-20(2,3)13-27-17-9-6-14(7-10-17)19(24)22-12-15-5-8-16(11-18(15)21)23-28(4,25)26/h5-11,23H,12-13H2,1-4H3,(H,22,24). The van der Waals surface area contributed by atoms with Gasteiger partial charge in [-0.1, -0.05) is 38.4 Å². The molecule has 0 spiro atoms. The van der Waals surface area contributed by atoms with Gasteiger partial charge in [0, 0.05) is 22.8 Å². The lowest BCUT2D eigenvalue weighted by Gasteiger charge is -2.18. The summed E-state index contributed by atoms with van der Waals surface area (Å²) in [5.74, 6) is 0.472. The van der Waals surface area contributed by atoms with Gasteiger partial charge in [-0.05, 0) is 47.4 Å². The number of ether oxygens (including phenoxy) is 1. The molecule has 2 aromatic carbocycles. The molecule has 0 radical (unpaired) electrons. The second kappa shape index (κ2) is 8.84. The normalized spacial score (nSPS) is 11.8. The Hall–Kier alpha value is -2.25. The highest BCUT2D eigenvalue weighted by Gasteiger charge is 2.12. The van der Waals surface area contributed by atoms with E-state index in [0.717, 1.165) is 6.26 Å². The summed E-state index contributed by atoms with van der Waals surface area (Å²) in [6, 6.07) is 11.7. The maximum Gasteiger partial charge on any atom is 0.251 e. The topological polar surface area (TPSA) is 84.5 Å². The SMILES string of the molecule is CC(C)(C)COc1ccc(C(=O)NCc2ccc(NS(C)(=O)=O)cc2Cl)cc1. The number of carbonyl (C=O) groups excluding carboxylic acids is 1. The van der Waals surface area contributed by atoms with Crippen LogP contribution in [0.2, 0.25) is 5.02 Å². The zero-order valence-corrected chi connectivity index (χ0v) is 17.9. The second-order valence-corrected chi connectivity index (χ2v) is 9.89. The molecule has 2 aromatic rings. The predicted molar refractivity (Wildman–Crippen MR) is 112 cm³/mol. The average Bonchev–Trinajstić information content (AvgIpc) is 2.57. The fourth-order valence-corrected chi connectivity index (χ4v) is 3.05. The van der Waals surface area contributed by atoms with Crippen LogP contribution in [-0.4, -0.2) is 27.2 Å². The van der Waals surface area contributed by atoms with Gasteiger partial charge in [0.05, 0.1) is 12.9 Å². The van der Waals surface area contributed by atoms with Gasteiger partial charge >= 0.3 is 0 Å². The molecule has 0 aliphatic heterocycles. The third-order valence-corrected chi connectivity index (χ3v) is 4.54. The summed E-state index contributed by atoms with van der Waals surface area (Å²) in [5.41, 5.74) is 1.61. The largest absolute Gasteiger partial charge is 0.493 e. The molecule has 0 saturated heterocycles. The van der Waals surface area contributed by atoms with Crippen molar-refractivity contribution in [2.45, 2.75) is 27.3 Å². The molecule has 0 atom stereocenters. The number of carbonyl (C=O) groups is 1. The maximum absolute atomic E-state index is 12.3. The molecular formula is C20H25ClN2O4S. The molecule has 6 nitrogen and oxygen atoms in total. The Labute approximate surface area is 171 Å². The first kappa shape index (κ1) is 22.0. The van der Waals surface area contributed by atoms with Crippen molar-refractivity contribution in [2.24, 2.45) is 5.41 Å². The number of amides is 1. The number of hydrogen-bond donors (Lipinski definition) is 2. The van der Waals surface area contributed by atoms with Crippen LogP contribution in [-0.2, 0) is 16.6 Å². The van der Waals surface area contributed by atoms with Crippen molar-refractivity contribution in [3.63, 3.8) is 0 Å². The highest BCUT2D eigenvalue weighted by Crippen LogP contribution is 2.22. The number of rotatable bonds is 7. The summed E-state index contributed by atoms with van der Waals surface area (Å²) in [6.07, 6.45) is 1.06. The van der Waals surface area contributed by atoms with Gasteiger partial charge < -0.3 is 10.1 Å². The highest BCUT2D eigenvalue weighted by molar-refractivity contribution is 7.92. The zero-order chi connectivity index (χ0) is 20.9. The number of sulfonamides is 1. The van der Waals surface area contributed by atoms with Gasteiger partial charge in [-0.15, -0.1) is 0 Å². The Kier molecular flexibility index (Phi) is 6.96. The van der Waals surface area contributed by atoms with Crippen molar-refractivity contribution < 1.29 is 17.9 Å². The van der Waals surface area contributed by atoms with Crippen LogP contribution in [0.15, 0.2) is 42.5 Å². The van der Waals surface area contributed by atoms with E-state index in [-0.39, 0.29) is 17.9 Å². The maximum atomic E-state index is 12.3. The summed E-state index contributed by atoms with van der Waals surface area (Å²) in [7, 11) is -3.37. The third-order valence-electron chi connectivity index (χ3n) is 3.58. The van der Waals surface area contributed by atoms with E-state index in [2.05, 4.69) is 30.8 Å². The lowest BCUT2D eigenvalue weighted by Crippen LogP contribution is -2.23. The van der Waals surface area contributed by atoms with Gasteiger partial charge in [0.1, 0.15) is 5.75 Å². The number of hydrogen-bond acceptors (Lipinski definition) is 4. The lowest BCUT2D eigenvalue weighted by molar-refractivity contribution is 0.0951. The Morgan fingerprint density at radius 1 is 1.11 bits per heavy atom. The molecule has 0 fully saturated rings. The molecule has 2 rings (SSSR count). The molecule has 0 aliphatic rings. The monoisotopic (exact) mass is 424 g/mol.